The molecule has 2 heteroatoms. The predicted octanol–water partition coefficient (Wildman–Crippen LogP) is 2.93. The van der Waals surface area contributed by atoms with E-state index in [1.165, 1.54) is 11.6 Å². The summed E-state index contributed by atoms with van der Waals surface area (Å²) < 4.78 is 0. The van der Waals surface area contributed by atoms with E-state index in [-0.39, 0.29) is 0 Å². The molecule has 13 heavy (non-hydrogen) atoms. The van der Waals surface area contributed by atoms with Crippen LogP contribution >= 0.6 is 0 Å². The van der Waals surface area contributed by atoms with E-state index in [9.17, 15) is 4.79 Å². The second kappa shape index (κ2) is 6.23. The van der Waals surface area contributed by atoms with Crippen molar-refractivity contribution in [3.63, 3.8) is 0 Å². The Morgan fingerprint density at radius 1 is 1.38 bits per heavy atom. The molecule has 1 N–H and O–H groups in total. The Bertz CT molecular complexity index is 257. The minimum Gasteiger partial charge on any atom is -0.478 e. The molecule has 0 unspecified atom stereocenters. The highest BCUT2D eigenvalue weighted by Crippen LogP contribution is 2.00. The molecular formula is C11H16O2. The summed E-state index contributed by atoms with van der Waals surface area (Å²) in [6, 6.07) is 0. The number of rotatable bonds is 4. The maximum atomic E-state index is 10.2. The first kappa shape index (κ1) is 11.7. The van der Waals surface area contributed by atoms with Crippen LogP contribution in [0.3, 0.4) is 0 Å². The minimum atomic E-state index is -0.904. The van der Waals surface area contributed by atoms with Gasteiger partial charge >= 0.3 is 5.97 Å². The van der Waals surface area contributed by atoms with Crippen molar-refractivity contribution in [3.05, 3.63) is 35.5 Å². The molecule has 0 atom stereocenters. The summed E-state index contributed by atoms with van der Waals surface area (Å²) in [6.45, 7) is 5.89. The second-order valence-electron chi connectivity index (χ2n) is 2.95. The van der Waals surface area contributed by atoms with E-state index in [4.69, 9.17) is 5.11 Å². The highest BCUT2D eigenvalue weighted by molar-refractivity contribution is 5.81. The molecule has 0 aliphatic carbocycles. The van der Waals surface area contributed by atoms with Crippen LogP contribution < -0.4 is 0 Å². The maximum Gasteiger partial charge on any atom is 0.328 e. The smallest absolute Gasteiger partial charge is 0.328 e. The van der Waals surface area contributed by atoms with Crippen LogP contribution in [-0.2, 0) is 4.79 Å². The van der Waals surface area contributed by atoms with Crippen molar-refractivity contribution >= 4 is 5.97 Å². The lowest BCUT2D eigenvalue weighted by molar-refractivity contribution is -0.131. The fraction of sp³-hybridized carbons (Fsp3) is 0.364. The summed E-state index contributed by atoms with van der Waals surface area (Å²) in [7, 11) is 0. The molecule has 0 rings (SSSR count). The fourth-order valence-electron chi connectivity index (χ4n) is 0.725. The van der Waals surface area contributed by atoms with E-state index in [2.05, 4.69) is 6.92 Å². The van der Waals surface area contributed by atoms with Crippen molar-refractivity contribution in [2.75, 3.05) is 0 Å². The first-order valence-corrected chi connectivity index (χ1v) is 4.31. The van der Waals surface area contributed by atoms with Gasteiger partial charge < -0.3 is 5.11 Å². The molecule has 0 aromatic rings. The van der Waals surface area contributed by atoms with E-state index < -0.39 is 5.97 Å². The molecule has 0 fully saturated rings. The van der Waals surface area contributed by atoms with Crippen LogP contribution in [0.15, 0.2) is 35.5 Å². The molecule has 0 radical (unpaired) electrons. The van der Waals surface area contributed by atoms with E-state index in [0.29, 0.717) is 0 Å². The summed E-state index contributed by atoms with van der Waals surface area (Å²) in [5.74, 6) is -0.904. The standard InChI is InChI=1S/C11H16O2/c1-4-9(2)6-5-7-10(3)8-11(12)13/h5-8H,4H2,1-3H3,(H,12,13). The highest BCUT2D eigenvalue weighted by Gasteiger charge is 1.88. The maximum absolute atomic E-state index is 10.2. The second-order valence-corrected chi connectivity index (χ2v) is 2.95. The van der Waals surface area contributed by atoms with Crippen LogP contribution in [0.2, 0.25) is 0 Å². The summed E-state index contributed by atoms with van der Waals surface area (Å²) in [5, 5.41) is 8.41. The van der Waals surface area contributed by atoms with E-state index >= 15 is 0 Å². The van der Waals surface area contributed by atoms with Gasteiger partial charge in [-0.2, -0.15) is 0 Å². The average Bonchev–Trinajstić information content (AvgIpc) is 2.02. The van der Waals surface area contributed by atoms with E-state index in [1.54, 1.807) is 13.0 Å². The van der Waals surface area contributed by atoms with Gasteiger partial charge in [0.2, 0.25) is 0 Å². The van der Waals surface area contributed by atoms with Gasteiger partial charge in [-0.1, -0.05) is 30.7 Å². The third-order valence-electron chi connectivity index (χ3n) is 1.65. The third-order valence-corrected chi connectivity index (χ3v) is 1.65. The molecular weight excluding hydrogens is 164 g/mol. The molecule has 0 saturated heterocycles. The third kappa shape index (κ3) is 7.06. The molecule has 0 heterocycles. The topological polar surface area (TPSA) is 37.3 Å². The Morgan fingerprint density at radius 3 is 2.46 bits per heavy atom. The largest absolute Gasteiger partial charge is 0.478 e. The van der Waals surface area contributed by atoms with E-state index in [1.807, 2.05) is 19.1 Å². The highest BCUT2D eigenvalue weighted by atomic mass is 16.4. The van der Waals surface area contributed by atoms with Gasteiger partial charge in [0.25, 0.3) is 0 Å². The van der Waals surface area contributed by atoms with Crippen molar-refractivity contribution in [1.29, 1.82) is 0 Å². The quantitative estimate of drug-likeness (QED) is 0.533. The monoisotopic (exact) mass is 180 g/mol. The predicted molar refractivity (Wildman–Crippen MR) is 54.6 cm³/mol. The molecule has 0 amide bonds. The molecule has 0 bridgehead atoms. The lowest BCUT2D eigenvalue weighted by Crippen LogP contribution is -1.87. The van der Waals surface area contributed by atoms with Gasteiger partial charge in [0.15, 0.2) is 0 Å². The number of hydrogen-bond donors (Lipinski definition) is 1. The van der Waals surface area contributed by atoms with Gasteiger partial charge in [-0.15, -0.1) is 0 Å². The Morgan fingerprint density at radius 2 is 2.00 bits per heavy atom. The first-order valence-electron chi connectivity index (χ1n) is 4.31. The van der Waals surface area contributed by atoms with Crippen LogP contribution in [0.4, 0.5) is 0 Å². The molecule has 72 valence electrons. The molecule has 0 saturated carbocycles. The summed E-state index contributed by atoms with van der Waals surface area (Å²) >= 11 is 0. The number of carboxylic acid groups (broad SMARTS) is 1. The molecule has 0 spiro atoms. The van der Waals surface area contributed by atoms with Crippen molar-refractivity contribution in [2.45, 2.75) is 27.2 Å². The first-order chi connectivity index (χ1) is 6.06. The Balaban J connectivity index is 4.21. The molecule has 0 aromatic carbocycles. The number of carbonyl (C=O) groups is 1. The van der Waals surface area contributed by atoms with Gasteiger partial charge in [0, 0.05) is 6.08 Å². The minimum absolute atomic E-state index is 0.743. The van der Waals surface area contributed by atoms with E-state index in [0.717, 1.165) is 12.0 Å². The zero-order valence-electron chi connectivity index (χ0n) is 8.37. The van der Waals surface area contributed by atoms with Gasteiger partial charge in [-0.25, -0.2) is 4.79 Å². The molecule has 0 aromatic heterocycles. The van der Waals surface area contributed by atoms with Gasteiger partial charge in [-0.05, 0) is 25.8 Å². The zero-order chi connectivity index (χ0) is 10.3. The number of carboxylic acids is 1. The Hall–Kier alpha value is -1.31. The van der Waals surface area contributed by atoms with Crippen LogP contribution in [0, 0.1) is 0 Å². The summed E-state index contributed by atoms with van der Waals surface area (Å²) in [5.41, 5.74) is 2.02. The van der Waals surface area contributed by atoms with Crippen molar-refractivity contribution in [2.24, 2.45) is 0 Å². The van der Waals surface area contributed by atoms with Crippen molar-refractivity contribution in [3.8, 4) is 0 Å². The van der Waals surface area contributed by atoms with Crippen LogP contribution in [-0.4, -0.2) is 11.1 Å². The number of allylic oxidation sites excluding steroid dienone is 5. The molecule has 0 aliphatic rings. The van der Waals surface area contributed by atoms with Crippen LogP contribution in [0.1, 0.15) is 27.2 Å². The van der Waals surface area contributed by atoms with Gasteiger partial charge in [-0.3, -0.25) is 0 Å². The summed E-state index contributed by atoms with van der Waals surface area (Å²) in [4.78, 5) is 10.2. The SMILES string of the molecule is CCC(C)=CC=CC(C)=CC(=O)O. The molecule has 2 nitrogen and oxygen atoms in total. The van der Waals surface area contributed by atoms with Gasteiger partial charge in [0.05, 0.1) is 0 Å². The molecule has 0 aliphatic heterocycles. The summed E-state index contributed by atoms with van der Waals surface area (Å²) in [6.07, 6.45) is 7.84. The van der Waals surface area contributed by atoms with Crippen LogP contribution in [0.5, 0.6) is 0 Å². The Labute approximate surface area is 79.3 Å². The lowest BCUT2D eigenvalue weighted by atomic mass is 10.2. The zero-order valence-corrected chi connectivity index (χ0v) is 8.37. The van der Waals surface area contributed by atoms with Crippen LogP contribution in [0.25, 0.3) is 0 Å². The van der Waals surface area contributed by atoms with Crippen molar-refractivity contribution < 1.29 is 9.90 Å². The normalized spacial score (nSPS) is 13.8. The number of hydrogen-bond acceptors (Lipinski definition) is 1. The average molecular weight is 180 g/mol. The van der Waals surface area contributed by atoms with Gasteiger partial charge in [0.1, 0.15) is 0 Å². The fourth-order valence-corrected chi connectivity index (χ4v) is 0.725. The van der Waals surface area contributed by atoms with Crippen molar-refractivity contribution in [1.82, 2.24) is 0 Å². The number of aliphatic carboxylic acids is 1. The Kier molecular flexibility index (Phi) is 5.60. The lowest BCUT2D eigenvalue weighted by Gasteiger charge is -1.90.